The topological polar surface area (TPSA) is 66.4 Å². The summed E-state index contributed by atoms with van der Waals surface area (Å²) in [6.07, 6.45) is 2.49. The normalized spacial score (nSPS) is 11.2. The van der Waals surface area contributed by atoms with E-state index < -0.39 is 5.97 Å². The number of rotatable bonds is 4. The Balaban J connectivity index is 3.08. The molecule has 1 amide bonds. The Morgan fingerprint density at radius 2 is 2.11 bits per heavy atom. The lowest BCUT2D eigenvalue weighted by Gasteiger charge is -2.10. The summed E-state index contributed by atoms with van der Waals surface area (Å²) in [6.45, 7) is 3.57. The van der Waals surface area contributed by atoms with Crippen LogP contribution in [0.15, 0.2) is 29.8 Å². The number of nitrogens with one attached hydrogen (secondary N) is 1. The van der Waals surface area contributed by atoms with Gasteiger partial charge in [0.05, 0.1) is 16.3 Å². The van der Waals surface area contributed by atoms with E-state index in [0.29, 0.717) is 5.57 Å². The molecule has 18 heavy (non-hydrogen) atoms. The van der Waals surface area contributed by atoms with Crippen molar-refractivity contribution in [2.75, 3.05) is 5.32 Å². The van der Waals surface area contributed by atoms with Gasteiger partial charge in [-0.25, -0.2) is 4.79 Å². The number of carbonyl (C=O) groups excluding carboxylic acids is 1. The standard InChI is InChI=1S/C13H14ClNO3/c1-3-5-8(2)12(16)15-11-9(13(17)18)6-4-7-10(11)14/h4-7H,3H2,1-2H3,(H,15,16)(H,17,18)/b8-5-. The summed E-state index contributed by atoms with van der Waals surface area (Å²) in [5.41, 5.74) is 0.620. The fraction of sp³-hybridized carbons (Fsp3) is 0.231. The Bertz CT molecular complexity index is 509. The lowest BCUT2D eigenvalue weighted by Crippen LogP contribution is -2.15. The van der Waals surface area contributed by atoms with Crippen molar-refractivity contribution in [2.24, 2.45) is 0 Å². The van der Waals surface area contributed by atoms with Gasteiger partial charge in [-0.05, 0) is 25.5 Å². The highest BCUT2D eigenvalue weighted by Crippen LogP contribution is 2.26. The zero-order valence-corrected chi connectivity index (χ0v) is 10.9. The predicted octanol–water partition coefficient (Wildman–Crippen LogP) is 3.33. The number of carbonyl (C=O) groups is 2. The van der Waals surface area contributed by atoms with E-state index in [9.17, 15) is 9.59 Å². The second-order valence-corrected chi connectivity index (χ2v) is 4.12. The Morgan fingerprint density at radius 1 is 1.44 bits per heavy atom. The Morgan fingerprint density at radius 3 is 2.67 bits per heavy atom. The summed E-state index contributed by atoms with van der Waals surface area (Å²) in [4.78, 5) is 22.8. The zero-order valence-electron chi connectivity index (χ0n) is 10.2. The van der Waals surface area contributed by atoms with E-state index in [2.05, 4.69) is 5.32 Å². The van der Waals surface area contributed by atoms with Crippen molar-refractivity contribution in [1.82, 2.24) is 0 Å². The molecule has 0 spiro atoms. The third-order valence-corrected chi connectivity index (χ3v) is 2.67. The maximum Gasteiger partial charge on any atom is 0.337 e. The first-order valence-corrected chi connectivity index (χ1v) is 5.85. The smallest absolute Gasteiger partial charge is 0.337 e. The second kappa shape index (κ2) is 6.21. The Kier molecular flexibility index (Phi) is 4.92. The van der Waals surface area contributed by atoms with Gasteiger partial charge in [0.1, 0.15) is 0 Å². The fourth-order valence-corrected chi connectivity index (χ4v) is 1.66. The van der Waals surface area contributed by atoms with Crippen LogP contribution in [0.1, 0.15) is 30.6 Å². The van der Waals surface area contributed by atoms with Gasteiger partial charge in [0.25, 0.3) is 5.91 Å². The number of carboxylic acid groups (broad SMARTS) is 1. The summed E-state index contributed by atoms with van der Waals surface area (Å²) >= 11 is 5.90. The van der Waals surface area contributed by atoms with Gasteiger partial charge in [-0.1, -0.05) is 30.7 Å². The molecule has 1 aromatic carbocycles. The monoisotopic (exact) mass is 267 g/mol. The molecule has 0 fully saturated rings. The molecule has 0 unspecified atom stereocenters. The van der Waals surface area contributed by atoms with Gasteiger partial charge in [0, 0.05) is 5.57 Å². The number of amides is 1. The highest BCUT2D eigenvalue weighted by atomic mass is 35.5. The number of para-hydroxylation sites is 1. The minimum atomic E-state index is -1.13. The van der Waals surface area contributed by atoms with Crippen LogP contribution < -0.4 is 5.32 Å². The summed E-state index contributed by atoms with van der Waals surface area (Å²) in [5.74, 6) is -1.49. The molecule has 2 N–H and O–H groups in total. The van der Waals surface area contributed by atoms with E-state index in [0.717, 1.165) is 6.42 Å². The first kappa shape index (κ1) is 14.3. The van der Waals surface area contributed by atoms with Crippen LogP contribution in [0.3, 0.4) is 0 Å². The van der Waals surface area contributed by atoms with E-state index in [4.69, 9.17) is 16.7 Å². The van der Waals surface area contributed by atoms with Crippen LogP contribution in [0.25, 0.3) is 0 Å². The summed E-state index contributed by atoms with van der Waals surface area (Å²) in [5, 5.41) is 11.7. The minimum absolute atomic E-state index is 0.0276. The van der Waals surface area contributed by atoms with Crippen LogP contribution in [0.5, 0.6) is 0 Å². The Hall–Kier alpha value is -1.81. The third-order valence-electron chi connectivity index (χ3n) is 2.35. The SMILES string of the molecule is CC/C=C(/C)C(=O)Nc1c(Cl)cccc1C(=O)O. The number of carboxylic acids is 1. The van der Waals surface area contributed by atoms with Crippen LogP contribution in [-0.2, 0) is 4.79 Å². The molecule has 0 heterocycles. The predicted molar refractivity (Wildman–Crippen MR) is 71.1 cm³/mol. The van der Waals surface area contributed by atoms with E-state index in [1.165, 1.54) is 18.2 Å². The number of hydrogen-bond donors (Lipinski definition) is 2. The Labute approximate surface area is 110 Å². The number of aromatic carboxylic acids is 1. The lowest BCUT2D eigenvalue weighted by atomic mass is 10.1. The van der Waals surface area contributed by atoms with E-state index >= 15 is 0 Å². The van der Waals surface area contributed by atoms with Crippen LogP contribution in [0.4, 0.5) is 5.69 Å². The van der Waals surface area contributed by atoms with Gasteiger partial charge in [0.15, 0.2) is 0 Å². The first-order chi connectivity index (χ1) is 8.47. The molecule has 0 aromatic heterocycles. The molecular formula is C13H14ClNO3. The van der Waals surface area contributed by atoms with E-state index in [1.54, 1.807) is 13.0 Å². The molecule has 0 saturated heterocycles. The van der Waals surface area contributed by atoms with Crippen LogP contribution in [-0.4, -0.2) is 17.0 Å². The molecule has 1 aromatic rings. The van der Waals surface area contributed by atoms with Gasteiger partial charge in [-0.3, -0.25) is 4.79 Å². The number of anilines is 1. The quantitative estimate of drug-likeness (QED) is 0.822. The van der Waals surface area contributed by atoms with E-state index in [1.807, 2.05) is 6.92 Å². The molecule has 96 valence electrons. The molecule has 4 nitrogen and oxygen atoms in total. The molecule has 0 aliphatic heterocycles. The summed E-state index contributed by atoms with van der Waals surface area (Å²) in [6, 6.07) is 4.45. The van der Waals surface area contributed by atoms with Crippen molar-refractivity contribution >= 4 is 29.2 Å². The molecular weight excluding hydrogens is 254 g/mol. The molecule has 0 aliphatic rings. The number of benzene rings is 1. The maximum atomic E-state index is 11.8. The van der Waals surface area contributed by atoms with Gasteiger partial charge >= 0.3 is 5.97 Å². The van der Waals surface area contributed by atoms with Crippen molar-refractivity contribution < 1.29 is 14.7 Å². The third kappa shape index (κ3) is 3.34. The maximum absolute atomic E-state index is 11.8. The zero-order chi connectivity index (χ0) is 13.7. The van der Waals surface area contributed by atoms with Gasteiger partial charge in [-0.2, -0.15) is 0 Å². The van der Waals surface area contributed by atoms with E-state index in [-0.39, 0.29) is 22.2 Å². The molecule has 0 radical (unpaired) electrons. The molecule has 1 rings (SSSR count). The van der Waals surface area contributed by atoms with Crippen molar-refractivity contribution in [3.63, 3.8) is 0 Å². The van der Waals surface area contributed by atoms with Gasteiger partial charge < -0.3 is 10.4 Å². The molecule has 0 bridgehead atoms. The van der Waals surface area contributed by atoms with Crippen molar-refractivity contribution in [3.8, 4) is 0 Å². The lowest BCUT2D eigenvalue weighted by molar-refractivity contribution is -0.112. The number of allylic oxidation sites excluding steroid dienone is 1. The number of hydrogen-bond acceptors (Lipinski definition) is 2. The highest BCUT2D eigenvalue weighted by Gasteiger charge is 2.15. The van der Waals surface area contributed by atoms with Crippen LogP contribution in [0, 0.1) is 0 Å². The van der Waals surface area contributed by atoms with Crippen LogP contribution >= 0.6 is 11.6 Å². The van der Waals surface area contributed by atoms with Gasteiger partial charge in [-0.15, -0.1) is 0 Å². The highest BCUT2D eigenvalue weighted by molar-refractivity contribution is 6.34. The molecule has 0 atom stereocenters. The molecule has 5 heteroatoms. The minimum Gasteiger partial charge on any atom is -0.478 e. The average Bonchev–Trinajstić information content (AvgIpc) is 2.31. The molecule has 0 saturated carbocycles. The van der Waals surface area contributed by atoms with Crippen molar-refractivity contribution in [3.05, 3.63) is 40.4 Å². The van der Waals surface area contributed by atoms with Crippen molar-refractivity contribution in [1.29, 1.82) is 0 Å². The first-order valence-electron chi connectivity index (χ1n) is 5.47. The summed E-state index contributed by atoms with van der Waals surface area (Å²) in [7, 11) is 0. The molecule has 0 aliphatic carbocycles. The largest absolute Gasteiger partial charge is 0.478 e. The van der Waals surface area contributed by atoms with Gasteiger partial charge in [0.2, 0.25) is 0 Å². The van der Waals surface area contributed by atoms with Crippen molar-refractivity contribution in [2.45, 2.75) is 20.3 Å². The average molecular weight is 268 g/mol. The number of halogens is 1. The van der Waals surface area contributed by atoms with Crippen LogP contribution in [0.2, 0.25) is 5.02 Å². The second-order valence-electron chi connectivity index (χ2n) is 3.72. The fourth-order valence-electron chi connectivity index (χ4n) is 1.44. The summed E-state index contributed by atoms with van der Waals surface area (Å²) < 4.78 is 0.